The molecule has 5 nitrogen and oxygen atoms in total. The minimum absolute atomic E-state index is 0.0191. The summed E-state index contributed by atoms with van der Waals surface area (Å²) in [5, 5.41) is 0. The van der Waals surface area contributed by atoms with Crippen LogP contribution in [0.2, 0.25) is 0 Å². The van der Waals surface area contributed by atoms with Crippen molar-refractivity contribution in [1.29, 1.82) is 0 Å². The molecule has 1 aliphatic rings. The fourth-order valence-electron chi connectivity index (χ4n) is 3.13. The number of ether oxygens (including phenoxy) is 1. The molecule has 2 heterocycles. The lowest BCUT2D eigenvalue weighted by Crippen LogP contribution is -2.42. The molecule has 1 amide bonds. The average Bonchev–Trinajstić information content (AvgIpc) is 2.56. The predicted molar refractivity (Wildman–Crippen MR) is 97.0 cm³/mol. The Bertz CT molecular complexity index is 647. The van der Waals surface area contributed by atoms with Gasteiger partial charge in [0.25, 0.3) is 0 Å². The fraction of sp³-hybridized carbons (Fsp3) is 0.650. The topological polar surface area (TPSA) is 59.5 Å². The molecule has 0 fully saturated rings. The molecule has 2 rings (SSSR count). The predicted octanol–water partition coefficient (Wildman–Crippen LogP) is 3.10. The van der Waals surface area contributed by atoms with Crippen molar-refractivity contribution < 1.29 is 14.3 Å². The number of esters is 1. The Balaban J connectivity index is 2.15. The molecule has 1 aromatic rings. The highest BCUT2D eigenvalue weighted by atomic mass is 16.5. The van der Waals surface area contributed by atoms with Crippen LogP contribution in [0.5, 0.6) is 0 Å². The van der Waals surface area contributed by atoms with Crippen molar-refractivity contribution in [1.82, 2.24) is 9.88 Å². The van der Waals surface area contributed by atoms with E-state index in [1.165, 1.54) is 7.11 Å². The van der Waals surface area contributed by atoms with Crippen LogP contribution in [0, 0.1) is 11.8 Å². The molecule has 0 unspecified atom stereocenters. The molecule has 0 aliphatic carbocycles. The van der Waals surface area contributed by atoms with Gasteiger partial charge in [-0.3, -0.25) is 14.6 Å². The Morgan fingerprint density at radius 3 is 2.52 bits per heavy atom. The smallest absolute Gasteiger partial charge is 0.306 e. The second kappa shape index (κ2) is 7.54. The van der Waals surface area contributed by atoms with E-state index in [-0.39, 0.29) is 35.5 Å². The summed E-state index contributed by atoms with van der Waals surface area (Å²) in [5.74, 6) is -0.544. The number of amides is 1. The van der Waals surface area contributed by atoms with Crippen molar-refractivity contribution in [3.8, 4) is 0 Å². The molecule has 1 aromatic heterocycles. The summed E-state index contributed by atoms with van der Waals surface area (Å²) in [4.78, 5) is 31.2. The van der Waals surface area contributed by atoms with Crippen LogP contribution < -0.4 is 0 Å². The molecule has 1 aliphatic heterocycles. The van der Waals surface area contributed by atoms with Gasteiger partial charge in [0.2, 0.25) is 5.91 Å². The highest BCUT2D eigenvalue weighted by molar-refractivity contribution is 5.84. The molecule has 138 valence electrons. The zero-order valence-corrected chi connectivity index (χ0v) is 16.3. The number of hydrogen-bond donors (Lipinski definition) is 0. The standard InChI is InChI=1S/C20H30N2O3/c1-13(2)15(11-18(23)25-6)19(24)22-10-9-16-14(12-22)7-8-17(21-16)20(3,4)5/h7-8,13,15H,9-12H2,1-6H3/t15-/m0/s1. The van der Waals surface area contributed by atoms with E-state index in [1.807, 2.05) is 18.7 Å². The summed E-state index contributed by atoms with van der Waals surface area (Å²) < 4.78 is 4.75. The van der Waals surface area contributed by atoms with Gasteiger partial charge in [0, 0.05) is 36.3 Å². The number of fused-ring (bicyclic) bond motifs is 1. The summed E-state index contributed by atoms with van der Waals surface area (Å²) in [5.41, 5.74) is 3.29. The third kappa shape index (κ3) is 4.59. The number of nitrogens with zero attached hydrogens (tertiary/aromatic N) is 2. The average molecular weight is 346 g/mol. The third-order valence-corrected chi connectivity index (χ3v) is 4.86. The minimum Gasteiger partial charge on any atom is -0.469 e. The number of rotatable bonds is 4. The molecule has 0 radical (unpaired) electrons. The van der Waals surface area contributed by atoms with Crippen LogP contribution in [-0.2, 0) is 32.7 Å². The Kier molecular flexibility index (Phi) is 5.86. The van der Waals surface area contributed by atoms with Gasteiger partial charge >= 0.3 is 5.97 Å². The molecule has 0 saturated heterocycles. The summed E-state index contributed by atoms with van der Waals surface area (Å²) in [6.07, 6.45) is 0.894. The number of pyridine rings is 1. The van der Waals surface area contributed by atoms with Gasteiger partial charge in [-0.1, -0.05) is 40.7 Å². The zero-order valence-electron chi connectivity index (χ0n) is 16.3. The summed E-state index contributed by atoms with van der Waals surface area (Å²) in [6, 6.07) is 4.15. The van der Waals surface area contributed by atoms with Crippen molar-refractivity contribution in [2.75, 3.05) is 13.7 Å². The van der Waals surface area contributed by atoms with Crippen LogP contribution in [-0.4, -0.2) is 35.4 Å². The van der Waals surface area contributed by atoms with E-state index in [2.05, 4.69) is 32.9 Å². The normalized spacial score (nSPS) is 15.7. The quantitative estimate of drug-likeness (QED) is 0.786. The Morgan fingerprint density at radius 1 is 1.28 bits per heavy atom. The van der Waals surface area contributed by atoms with Crippen LogP contribution in [0.1, 0.15) is 58.0 Å². The van der Waals surface area contributed by atoms with Gasteiger partial charge in [0.05, 0.1) is 19.4 Å². The van der Waals surface area contributed by atoms with Crippen molar-refractivity contribution >= 4 is 11.9 Å². The van der Waals surface area contributed by atoms with Crippen molar-refractivity contribution in [2.24, 2.45) is 11.8 Å². The Morgan fingerprint density at radius 2 is 1.96 bits per heavy atom. The first-order valence-corrected chi connectivity index (χ1v) is 8.98. The van der Waals surface area contributed by atoms with Gasteiger partial charge in [0.1, 0.15) is 0 Å². The van der Waals surface area contributed by atoms with Gasteiger partial charge in [-0.15, -0.1) is 0 Å². The van der Waals surface area contributed by atoms with E-state index in [0.717, 1.165) is 23.4 Å². The minimum atomic E-state index is -0.337. The Hall–Kier alpha value is -1.91. The maximum Gasteiger partial charge on any atom is 0.306 e. The van der Waals surface area contributed by atoms with E-state index < -0.39 is 0 Å². The molecule has 0 saturated carbocycles. The molecule has 0 aromatic carbocycles. The maximum absolute atomic E-state index is 12.9. The van der Waals surface area contributed by atoms with E-state index in [1.54, 1.807) is 0 Å². The summed E-state index contributed by atoms with van der Waals surface area (Å²) in [6.45, 7) is 11.6. The monoisotopic (exact) mass is 346 g/mol. The van der Waals surface area contributed by atoms with E-state index in [9.17, 15) is 9.59 Å². The lowest BCUT2D eigenvalue weighted by Gasteiger charge is -2.33. The number of methoxy groups -OCH3 is 1. The molecule has 0 N–H and O–H groups in total. The first kappa shape index (κ1) is 19.4. The van der Waals surface area contributed by atoms with Gasteiger partial charge in [-0.25, -0.2) is 0 Å². The second-order valence-electron chi connectivity index (χ2n) is 8.19. The van der Waals surface area contributed by atoms with Crippen LogP contribution >= 0.6 is 0 Å². The second-order valence-corrected chi connectivity index (χ2v) is 8.19. The summed E-state index contributed by atoms with van der Waals surface area (Å²) in [7, 11) is 1.36. The number of carbonyl (C=O) groups excluding carboxylic acids is 2. The number of carbonyl (C=O) groups is 2. The molecule has 5 heteroatoms. The van der Waals surface area contributed by atoms with Gasteiger partial charge in [-0.2, -0.15) is 0 Å². The van der Waals surface area contributed by atoms with Crippen molar-refractivity contribution in [2.45, 2.75) is 59.4 Å². The van der Waals surface area contributed by atoms with Gasteiger partial charge < -0.3 is 9.64 Å². The number of hydrogen-bond acceptors (Lipinski definition) is 4. The highest BCUT2D eigenvalue weighted by Crippen LogP contribution is 2.27. The molecular formula is C20H30N2O3. The summed E-state index contributed by atoms with van der Waals surface area (Å²) >= 11 is 0. The molecule has 0 bridgehead atoms. The molecular weight excluding hydrogens is 316 g/mol. The van der Waals surface area contributed by atoms with Gasteiger partial charge in [-0.05, 0) is 17.5 Å². The van der Waals surface area contributed by atoms with Crippen LogP contribution in [0.3, 0.4) is 0 Å². The zero-order chi connectivity index (χ0) is 18.8. The van der Waals surface area contributed by atoms with Crippen molar-refractivity contribution in [3.63, 3.8) is 0 Å². The molecule has 0 spiro atoms. The lowest BCUT2D eigenvalue weighted by molar-refractivity contribution is -0.148. The van der Waals surface area contributed by atoms with E-state index in [0.29, 0.717) is 13.1 Å². The SMILES string of the molecule is COC(=O)C[C@H](C(=O)N1CCc2nc(C(C)(C)C)ccc2C1)C(C)C. The first-order valence-electron chi connectivity index (χ1n) is 8.98. The molecule has 25 heavy (non-hydrogen) atoms. The van der Waals surface area contributed by atoms with Crippen LogP contribution in [0.25, 0.3) is 0 Å². The van der Waals surface area contributed by atoms with E-state index in [4.69, 9.17) is 9.72 Å². The largest absolute Gasteiger partial charge is 0.469 e. The van der Waals surface area contributed by atoms with Crippen molar-refractivity contribution in [3.05, 3.63) is 29.1 Å². The van der Waals surface area contributed by atoms with Gasteiger partial charge in [0.15, 0.2) is 0 Å². The van der Waals surface area contributed by atoms with Crippen LogP contribution in [0.15, 0.2) is 12.1 Å². The lowest BCUT2D eigenvalue weighted by atomic mass is 9.89. The van der Waals surface area contributed by atoms with Crippen LogP contribution in [0.4, 0.5) is 0 Å². The number of aromatic nitrogens is 1. The molecule has 1 atom stereocenters. The third-order valence-electron chi connectivity index (χ3n) is 4.86. The maximum atomic E-state index is 12.9. The highest BCUT2D eigenvalue weighted by Gasteiger charge is 2.32. The first-order chi connectivity index (χ1) is 11.6. The Labute approximate surface area is 150 Å². The fourth-order valence-corrected chi connectivity index (χ4v) is 3.13. The van der Waals surface area contributed by atoms with E-state index >= 15 is 0 Å².